The molecule has 0 bridgehead atoms. The molecule has 81 valence electrons. The molecule has 1 aromatic rings. The standard InChI is InChI=1S/C12H16NOSe/c14-12(9-5-2-6-10-15)13-11-7-3-1-4-8-11/h1,3-4,7-8H,2,5-6,9-10H2,(H,13,14). The first-order chi connectivity index (χ1) is 7.33. The van der Waals surface area contributed by atoms with Crippen LogP contribution < -0.4 is 5.32 Å². The van der Waals surface area contributed by atoms with E-state index in [4.69, 9.17) is 0 Å². The van der Waals surface area contributed by atoms with Gasteiger partial charge in [0.1, 0.15) is 0 Å². The van der Waals surface area contributed by atoms with E-state index in [9.17, 15) is 4.79 Å². The van der Waals surface area contributed by atoms with Crippen LogP contribution in [0.3, 0.4) is 0 Å². The quantitative estimate of drug-likeness (QED) is 0.624. The number of carbonyl (C=O) groups excluding carboxylic acids is 1. The molecule has 0 saturated carbocycles. The molecule has 0 aliphatic carbocycles. The zero-order valence-corrected chi connectivity index (χ0v) is 10.5. The fourth-order valence-corrected chi connectivity index (χ4v) is 1.74. The van der Waals surface area contributed by atoms with Crippen molar-refractivity contribution < 1.29 is 4.79 Å². The maximum absolute atomic E-state index is 11.5. The Labute approximate surface area is 99.3 Å². The summed E-state index contributed by atoms with van der Waals surface area (Å²) in [5.41, 5.74) is 0.881. The maximum atomic E-state index is 11.5. The van der Waals surface area contributed by atoms with Crippen molar-refractivity contribution in [3.05, 3.63) is 30.3 Å². The minimum atomic E-state index is 0.112. The Hall–Kier alpha value is -0.791. The Morgan fingerprint density at radius 2 is 1.87 bits per heavy atom. The minimum absolute atomic E-state index is 0.112. The molecule has 1 amide bonds. The monoisotopic (exact) mass is 270 g/mol. The summed E-state index contributed by atoms with van der Waals surface area (Å²) in [5, 5.41) is 3.96. The van der Waals surface area contributed by atoms with Gasteiger partial charge in [-0.05, 0) is 0 Å². The van der Waals surface area contributed by atoms with Crippen molar-refractivity contribution in [3.8, 4) is 0 Å². The molecule has 2 nitrogen and oxygen atoms in total. The molecular formula is C12H16NOSe. The summed E-state index contributed by atoms with van der Waals surface area (Å²) in [6.07, 6.45) is 3.88. The third-order valence-corrected chi connectivity index (χ3v) is 2.71. The Bertz CT molecular complexity index is 287. The predicted octanol–water partition coefficient (Wildman–Crippen LogP) is 2.77. The number of nitrogens with one attached hydrogen (secondary N) is 1. The van der Waals surface area contributed by atoms with Gasteiger partial charge in [-0.25, -0.2) is 0 Å². The summed E-state index contributed by atoms with van der Waals surface area (Å²) in [6.45, 7) is 0. The summed E-state index contributed by atoms with van der Waals surface area (Å²) in [7, 11) is 0. The third kappa shape index (κ3) is 5.60. The van der Waals surface area contributed by atoms with Crippen molar-refractivity contribution in [2.75, 3.05) is 5.32 Å². The Morgan fingerprint density at radius 3 is 2.53 bits per heavy atom. The molecule has 0 aliphatic heterocycles. The van der Waals surface area contributed by atoms with Crippen LogP contribution in [0.15, 0.2) is 30.3 Å². The number of anilines is 1. The summed E-state index contributed by atoms with van der Waals surface area (Å²) in [4.78, 5) is 11.5. The van der Waals surface area contributed by atoms with Crippen LogP contribution in [0.1, 0.15) is 25.7 Å². The van der Waals surface area contributed by atoms with E-state index in [1.807, 2.05) is 30.3 Å². The van der Waals surface area contributed by atoms with Crippen LogP contribution in [0, 0.1) is 0 Å². The van der Waals surface area contributed by atoms with Gasteiger partial charge in [-0.1, -0.05) is 0 Å². The molecule has 0 saturated heterocycles. The van der Waals surface area contributed by atoms with Gasteiger partial charge in [0, 0.05) is 0 Å². The molecule has 1 radical (unpaired) electrons. The number of benzene rings is 1. The molecule has 1 N–H and O–H groups in total. The average Bonchev–Trinajstić information content (AvgIpc) is 2.26. The van der Waals surface area contributed by atoms with Crippen LogP contribution >= 0.6 is 0 Å². The zero-order chi connectivity index (χ0) is 10.9. The van der Waals surface area contributed by atoms with E-state index in [-0.39, 0.29) is 5.91 Å². The molecule has 0 aromatic heterocycles. The molecule has 0 unspecified atom stereocenters. The molecule has 0 aliphatic rings. The van der Waals surface area contributed by atoms with E-state index in [0.29, 0.717) is 6.42 Å². The number of unbranched alkanes of at least 4 members (excludes halogenated alkanes) is 2. The number of carbonyl (C=O) groups is 1. The van der Waals surface area contributed by atoms with Crippen LogP contribution in [0.2, 0.25) is 5.32 Å². The normalized spacial score (nSPS) is 9.93. The van der Waals surface area contributed by atoms with Gasteiger partial charge in [0.05, 0.1) is 0 Å². The second-order valence-corrected chi connectivity index (χ2v) is 4.29. The van der Waals surface area contributed by atoms with Crippen molar-refractivity contribution in [1.82, 2.24) is 0 Å². The molecule has 15 heavy (non-hydrogen) atoms. The van der Waals surface area contributed by atoms with Gasteiger partial charge in [-0.3, -0.25) is 0 Å². The summed E-state index contributed by atoms with van der Waals surface area (Å²) >= 11 is 2.97. The van der Waals surface area contributed by atoms with Crippen LogP contribution in [-0.4, -0.2) is 21.9 Å². The van der Waals surface area contributed by atoms with Crippen LogP contribution in [0.25, 0.3) is 0 Å². The van der Waals surface area contributed by atoms with Crippen LogP contribution in [0.5, 0.6) is 0 Å². The zero-order valence-electron chi connectivity index (χ0n) is 8.74. The number of rotatable bonds is 6. The molecule has 1 aromatic carbocycles. The van der Waals surface area contributed by atoms with Crippen molar-refractivity contribution in [3.63, 3.8) is 0 Å². The van der Waals surface area contributed by atoms with Crippen molar-refractivity contribution in [1.29, 1.82) is 0 Å². The molecule has 3 heteroatoms. The Morgan fingerprint density at radius 1 is 1.13 bits per heavy atom. The number of hydrogen-bond donors (Lipinski definition) is 1. The molecule has 0 atom stereocenters. The van der Waals surface area contributed by atoms with Gasteiger partial charge >= 0.3 is 99.1 Å². The fourth-order valence-electron chi connectivity index (χ4n) is 1.31. The van der Waals surface area contributed by atoms with Gasteiger partial charge < -0.3 is 0 Å². The SMILES string of the molecule is O=C(CCCCC[Se])Nc1ccccc1. The van der Waals surface area contributed by atoms with Crippen LogP contribution in [-0.2, 0) is 4.79 Å². The second kappa shape index (κ2) is 7.49. The van der Waals surface area contributed by atoms with Crippen molar-refractivity contribution in [2.45, 2.75) is 31.0 Å². The average molecular weight is 269 g/mol. The van der Waals surface area contributed by atoms with Gasteiger partial charge in [0.15, 0.2) is 0 Å². The van der Waals surface area contributed by atoms with E-state index >= 15 is 0 Å². The van der Waals surface area contributed by atoms with Crippen molar-refractivity contribution in [2.24, 2.45) is 0 Å². The van der Waals surface area contributed by atoms with Crippen molar-refractivity contribution >= 4 is 27.6 Å². The van der Waals surface area contributed by atoms with Gasteiger partial charge in [0.25, 0.3) is 0 Å². The predicted molar refractivity (Wildman–Crippen MR) is 64.1 cm³/mol. The van der Waals surface area contributed by atoms with E-state index in [2.05, 4.69) is 21.3 Å². The molecule has 0 heterocycles. The fraction of sp³-hybridized carbons (Fsp3) is 0.417. The summed E-state index contributed by atoms with van der Waals surface area (Å²) < 4.78 is 0. The summed E-state index contributed by atoms with van der Waals surface area (Å²) in [6, 6.07) is 9.58. The van der Waals surface area contributed by atoms with E-state index in [1.54, 1.807) is 0 Å². The number of hydrogen-bond acceptors (Lipinski definition) is 1. The van der Waals surface area contributed by atoms with E-state index < -0.39 is 0 Å². The third-order valence-electron chi connectivity index (χ3n) is 2.11. The van der Waals surface area contributed by atoms with Crippen LogP contribution in [0.4, 0.5) is 5.69 Å². The molecule has 1 rings (SSSR count). The summed E-state index contributed by atoms with van der Waals surface area (Å²) in [5.74, 6) is 0.112. The Balaban J connectivity index is 2.19. The first kappa shape index (κ1) is 12.3. The van der Waals surface area contributed by atoms with Gasteiger partial charge in [0.2, 0.25) is 0 Å². The first-order valence-corrected chi connectivity index (χ1v) is 6.47. The molecule has 0 spiro atoms. The number of para-hydroxylation sites is 1. The van der Waals surface area contributed by atoms with E-state index in [0.717, 1.165) is 23.8 Å². The topological polar surface area (TPSA) is 29.1 Å². The first-order valence-electron chi connectivity index (χ1n) is 5.26. The van der Waals surface area contributed by atoms with E-state index in [1.165, 1.54) is 6.42 Å². The molecule has 0 fully saturated rings. The number of amides is 1. The second-order valence-electron chi connectivity index (χ2n) is 3.43. The van der Waals surface area contributed by atoms with Gasteiger partial charge in [-0.15, -0.1) is 0 Å². The molecular weight excluding hydrogens is 253 g/mol. The Kier molecular flexibility index (Phi) is 6.14. The van der Waals surface area contributed by atoms with Gasteiger partial charge in [-0.2, -0.15) is 0 Å².